The summed E-state index contributed by atoms with van der Waals surface area (Å²) in [5.74, 6) is 0.729. The van der Waals surface area contributed by atoms with Gasteiger partial charge in [-0.05, 0) is 47.7 Å². The van der Waals surface area contributed by atoms with Gasteiger partial charge in [-0.3, -0.25) is 9.69 Å². The van der Waals surface area contributed by atoms with Crippen LogP contribution in [0.1, 0.15) is 36.0 Å². The lowest BCUT2D eigenvalue weighted by Gasteiger charge is -2.28. The van der Waals surface area contributed by atoms with E-state index in [1.54, 1.807) is 0 Å². The van der Waals surface area contributed by atoms with Gasteiger partial charge in [-0.1, -0.05) is 30.8 Å². The van der Waals surface area contributed by atoms with Crippen molar-refractivity contribution < 1.29 is 9.53 Å². The monoisotopic (exact) mass is 389 g/mol. The smallest absolute Gasteiger partial charge is 0.268 e. The number of nitrogens with one attached hydrogen (secondary N) is 2. The highest BCUT2D eigenvalue weighted by Gasteiger charge is 2.55. The fraction of sp³-hybridized carbons (Fsp3) is 0.375. The molecule has 1 fully saturated rings. The molecule has 1 amide bonds. The molecular formula is C24H27N3O2. The number of rotatable bonds is 6. The minimum atomic E-state index is -0.598. The fourth-order valence-corrected chi connectivity index (χ4v) is 4.23. The molecule has 0 saturated heterocycles. The molecule has 0 aromatic heterocycles. The average Bonchev–Trinajstić information content (AvgIpc) is 3.52. The Balaban J connectivity index is 1.11. The van der Waals surface area contributed by atoms with Crippen LogP contribution in [-0.4, -0.2) is 36.0 Å². The van der Waals surface area contributed by atoms with E-state index in [1.807, 2.05) is 18.2 Å². The summed E-state index contributed by atoms with van der Waals surface area (Å²) in [4.78, 5) is 14.7. The Bertz CT molecular complexity index is 964. The SMILES string of the molecule is C=C(NCCCN1CCc2ccccc2C1)c1ccc2c(c1)NC(=O)C1(CC1)O2. The molecule has 2 heterocycles. The first-order valence-electron chi connectivity index (χ1n) is 10.5. The number of amides is 1. The first-order chi connectivity index (χ1) is 14.1. The molecule has 5 heteroatoms. The quantitative estimate of drug-likeness (QED) is 0.742. The lowest BCUT2D eigenvalue weighted by molar-refractivity contribution is -0.125. The first kappa shape index (κ1) is 18.3. The van der Waals surface area contributed by atoms with Crippen molar-refractivity contribution in [2.24, 2.45) is 0 Å². The van der Waals surface area contributed by atoms with Crippen molar-refractivity contribution in [3.8, 4) is 5.75 Å². The zero-order valence-corrected chi connectivity index (χ0v) is 16.7. The van der Waals surface area contributed by atoms with Gasteiger partial charge >= 0.3 is 0 Å². The van der Waals surface area contributed by atoms with Gasteiger partial charge < -0.3 is 15.4 Å². The number of carbonyl (C=O) groups is 1. The van der Waals surface area contributed by atoms with Gasteiger partial charge in [-0.25, -0.2) is 0 Å². The Morgan fingerprint density at radius 3 is 2.86 bits per heavy atom. The van der Waals surface area contributed by atoms with Gasteiger partial charge in [0.1, 0.15) is 5.75 Å². The number of nitrogens with zero attached hydrogens (tertiary/aromatic N) is 1. The molecule has 0 atom stereocenters. The zero-order chi connectivity index (χ0) is 19.8. The molecule has 0 bridgehead atoms. The molecule has 0 radical (unpaired) electrons. The number of hydrogen-bond acceptors (Lipinski definition) is 4. The molecule has 29 heavy (non-hydrogen) atoms. The lowest BCUT2D eigenvalue weighted by Crippen LogP contribution is -2.39. The third kappa shape index (κ3) is 3.62. The molecule has 2 N–H and O–H groups in total. The van der Waals surface area contributed by atoms with Crippen molar-refractivity contribution in [2.75, 3.05) is 25.0 Å². The highest BCUT2D eigenvalue weighted by Crippen LogP contribution is 2.47. The van der Waals surface area contributed by atoms with Gasteiger partial charge in [0.2, 0.25) is 0 Å². The minimum absolute atomic E-state index is 0.0242. The second-order valence-electron chi connectivity index (χ2n) is 8.32. The number of fused-ring (bicyclic) bond motifs is 2. The summed E-state index contributed by atoms with van der Waals surface area (Å²) in [6.07, 6.45) is 3.81. The number of benzene rings is 2. The summed E-state index contributed by atoms with van der Waals surface area (Å²) < 4.78 is 5.90. The molecule has 1 spiro atoms. The van der Waals surface area contributed by atoms with Crippen molar-refractivity contribution in [3.05, 3.63) is 65.7 Å². The Labute approximate surface area is 171 Å². The van der Waals surface area contributed by atoms with Gasteiger partial charge in [0.15, 0.2) is 5.60 Å². The van der Waals surface area contributed by atoms with E-state index in [2.05, 4.69) is 46.4 Å². The number of anilines is 1. The summed E-state index contributed by atoms with van der Waals surface area (Å²) in [6.45, 7) is 8.29. The number of hydrogen-bond donors (Lipinski definition) is 2. The molecule has 1 aliphatic carbocycles. The summed E-state index contributed by atoms with van der Waals surface area (Å²) >= 11 is 0. The zero-order valence-electron chi connectivity index (χ0n) is 16.7. The summed E-state index contributed by atoms with van der Waals surface area (Å²) in [5, 5.41) is 6.42. The fourth-order valence-electron chi connectivity index (χ4n) is 4.23. The molecule has 1 saturated carbocycles. The van der Waals surface area contributed by atoms with E-state index < -0.39 is 5.60 Å². The van der Waals surface area contributed by atoms with Crippen molar-refractivity contribution in [1.29, 1.82) is 0 Å². The Kier molecular flexibility index (Phi) is 4.55. The Morgan fingerprint density at radius 1 is 1.21 bits per heavy atom. The summed E-state index contributed by atoms with van der Waals surface area (Å²) in [6, 6.07) is 14.6. The largest absolute Gasteiger partial charge is 0.475 e. The molecule has 2 aromatic rings. The van der Waals surface area contributed by atoms with Gasteiger partial charge in [0.25, 0.3) is 5.91 Å². The molecule has 0 unspecified atom stereocenters. The number of ether oxygens (including phenoxy) is 1. The van der Waals surface area contributed by atoms with Crippen molar-refractivity contribution in [1.82, 2.24) is 10.2 Å². The van der Waals surface area contributed by atoms with E-state index in [-0.39, 0.29) is 5.91 Å². The minimum Gasteiger partial charge on any atom is -0.475 e. The molecule has 2 aromatic carbocycles. The maximum Gasteiger partial charge on any atom is 0.268 e. The highest BCUT2D eigenvalue weighted by atomic mass is 16.5. The predicted molar refractivity (Wildman–Crippen MR) is 115 cm³/mol. The van der Waals surface area contributed by atoms with Crippen LogP contribution in [-0.2, 0) is 17.8 Å². The van der Waals surface area contributed by atoms with Gasteiger partial charge in [0.05, 0.1) is 5.69 Å². The Morgan fingerprint density at radius 2 is 2.03 bits per heavy atom. The van der Waals surface area contributed by atoms with Crippen LogP contribution < -0.4 is 15.4 Å². The third-order valence-corrected chi connectivity index (χ3v) is 6.20. The van der Waals surface area contributed by atoms with E-state index in [0.717, 1.165) is 74.6 Å². The predicted octanol–water partition coefficient (Wildman–Crippen LogP) is 3.56. The van der Waals surface area contributed by atoms with Crippen molar-refractivity contribution >= 4 is 17.3 Å². The van der Waals surface area contributed by atoms with E-state index in [9.17, 15) is 4.79 Å². The molecule has 2 aliphatic heterocycles. The third-order valence-electron chi connectivity index (χ3n) is 6.20. The molecule has 5 rings (SSSR count). The normalized spacial score (nSPS) is 19.0. The first-order valence-corrected chi connectivity index (χ1v) is 10.5. The second-order valence-corrected chi connectivity index (χ2v) is 8.32. The summed E-state index contributed by atoms with van der Waals surface area (Å²) in [5.41, 5.74) is 4.94. The van der Waals surface area contributed by atoms with E-state index in [1.165, 1.54) is 11.1 Å². The van der Waals surface area contributed by atoms with Gasteiger partial charge in [-0.2, -0.15) is 0 Å². The van der Waals surface area contributed by atoms with Gasteiger partial charge in [-0.15, -0.1) is 0 Å². The summed E-state index contributed by atoms with van der Waals surface area (Å²) in [7, 11) is 0. The topological polar surface area (TPSA) is 53.6 Å². The standard InChI is InChI=1S/C24H27N3O2/c1-17(19-7-8-22-21(15-19)26-23(28)24(29-22)10-11-24)25-12-4-13-27-14-9-18-5-2-3-6-20(18)16-27/h2-3,5-8,15,25H,1,4,9-14,16H2,(H,26,28). The van der Waals surface area contributed by atoms with Gasteiger partial charge in [0, 0.05) is 44.7 Å². The van der Waals surface area contributed by atoms with E-state index >= 15 is 0 Å². The van der Waals surface area contributed by atoms with Crippen LogP contribution >= 0.6 is 0 Å². The molecule has 150 valence electrons. The van der Waals surface area contributed by atoms with Crippen LogP contribution in [0.25, 0.3) is 5.70 Å². The lowest BCUT2D eigenvalue weighted by atomic mass is 10.00. The average molecular weight is 389 g/mol. The van der Waals surface area contributed by atoms with E-state index in [4.69, 9.17) is 4.74 Å². The molecule has 5 nitrogen and oxygen atoms in total. The van der Waals surface area contributed by atoms with Crippen LogP contribution in [0.15, 0.2) is 49.0 Å². The maximum absolute atomic E-state index is 12.2. The molecular weight excluding hydrogens is 362 g/mol. The second kappa shape index (κ2) is 7.23. The Hall–Kier alpha value is -2.79. The highest BCUT2D eigenvalue weighted by molar-refractivity contribution is 6.03. The number of carbonyl (C=O) groups excluding carboxylic acids is 1. The van der Waals surface area contributed by atoms with Crippen LogP contribution in [0.3, 0.4) is 0 Å². The van der Waals surface area contributed by atoms with E-state index in [0.29, 0.717) is 0 Å². The molecule has 3 aliphatic rings. The van der Waals surface area contributed by atoms with Crippen molar-refractivity contribution in [3.63, 3.8) is 0 Å². The van der Waals surface area contributed by atoms with Crippen LogP contribution in [0.5, 0.6) is 5.75 Å². The van der Waals surface area contributed by atoms with Crippen LogP contribution in [0.4, 0.5) is 5.69 Å². The van der Waals surface area contributed by atoms with Crippen molar-refractivity contribution in [2.45, 2.75) is 37.8 Å². The van der Waals surface area contributed by atoms with Crippen LogP contribution in [0.2, 0.25) is 0 Å². The van der Waals surface area contributed by atoms with Crippen LogP contribution in [0, 0.1) is 0 Å². The maximum atomic E-state index is 12.2.